The summed E-state index contributed by atoms with van der Waals surface area (Å²) < 4.78 is 11.5. The van der Waals surface area contributed by atoms with Crippen molar-refractivity contribution in [3.63, 3.8) is 0 Å². The van der Waals surface area contributed by atoms with Crippen LogP contribution in [-0.2, 0) is 0 Å². The minimum Gasteiger partial charge on any atom is -0.507 e. The normalized spacial score (nSPS) is 13.1. The number of hydrogen-bond acceptors (Lipinski definition) is 5. The Morgan fingerprint density at radius 2 is 1.73 bits per heavy atom. The average molecular weight is 345 g/mol. The molecule has 5 rings (SSSR count). The standard InChI is InChI=1S/C20H15N3O3/c24-17-6-2-1-4-13(17)16-10-14-15(11-21-20(14)23-22-16)12-5-3-7-18-19(12)26-9-8-25-18/h1-7,10-11,24H,8-9H2,(H,21,23). The fourth-order valence-corrected chi connectivity index (χ4v) is 3.25. The number of fused-ring (bicyclic) bond motifs is 2. The van der Waals surface area contributed by atoms with Crippen LogP contribution in [0.2, 0.25) is 0 Å². The van der Waals surface area contributed by atoms with Crippen molar-refractivity contribution in [2.45, 2.75) is 0 Å². The zero-order valence-corrected chi connectivity index (χ0v) is 13.8. The molecule has 0 spiro atoms. The minimum absolute atomic E-state index is 0.173. The molecule has 6 nitrogen and oxygen atoms in total. The number of nitrogens with zero attached hydrogens (tertiary/aromatic N) is 2. The van der Waals surface area contributed by atoms with Gasteiger partial charge in [0, 0.05) is 28.3 Å². The van der Waals surface area contributed by atoms with Crippen LogP contribution in [0, 0.1) is 0 Å². The molecule has 2 aromatic heterocycles. The van der Waals surface area contributed by atoms with Crippen LogP contribution in [0.1, 0.15) is 0 Å². The summed E-state index contributed by atoms with van der Waals surface area (Å²) in [7, 11) is 0. The second kappa shape index (κ2) is 5.77. The zero-order valence-electron chi connectivity index (χ0n) is 13.8. The van der Waals surface area contributed by atoms with E-state index in [1.807, 2.05) is 42.6 Å². The van der Waals surface area contributed by atoms with Crippen LogP contribution in [0.5, 0.6) is 17.2 Å². The van der Waals surface area contributed by atoms with Gasteiger partial charge in [-0.25, -0.2) is 0 Å². The quantitative estimate of drug-likeness (QED) is 0.578. The molecule has 1 aliphatic rings. The maximum atomic E-state index is 10.1. The van der Waals surface area contributed by atoms with Crippen molar-refractivity contribution in [1.82, 2.24) is 15.2 Å². The monoisotopic (exact) mass is 345 g/mol. The SMILES string of the molecule is Oc1ccccc1-c1cc2c(-c3cccc4c3OCCO4)c[nH]c2nn1. The highest BCUT2D eigenvalue weighted by atomic mass is 16.6. The van der Waals surface area contributed by atoms with Crippen molar-refractivity contribution < 1.29 is 14.6 Å². The number of hydrogen-bond donors (Lipinski definition) is 2. The molecular weight excluding hydrogens is 330 g/mol. The van der Waals surface area contributed by atoms with Gasteiger partial charge in [-0.15, -0.1) is 10.2 Å². The van der Waals surface area contributed by atoms with Crippen molar-refractivity contribution in [3.05, 3.63) is 54.7 Å². The number of aromatic nitrogens is 3. The Balaban J connectivity index is 1.71. The van der Waals surface area contributed by atoms with Crippen LogP contribution >= 0.6 is 0 Å². The maximum Gasteiger partial charge on any atom is 0.169 e. The average Bonchev–Trinajstić information content (AvgIpc) is 3.11. The fraction of sp³-hybridized carbons (Fsp3) is 0.100. The molecule has 0 aliphatic carbocycles. The summed E-state index contributed by atoms with van der Waals surface area (Å²) in [4.78, 5) is 3.15. The van der Waals surface area contributed by atoms with Gasteiger partial charge in [-0.05, 0) is 24.3 Å². The van der Waals surface area contributed by atoms with E-state index in [0.29, 0.717) is 30.1 Å². The molecule has 1 aliphatic heterocycles. The van der Waals surface area contributed by atoms with Gasteiger partial charge in [-0.1, -0.05) is 24.3 Å². The van der Waals surface area contributed by atoms with Gasteiger partial charge in [0.25, 0.3) is 0 Å². The summed E-state index contributed by atoms with van der Waals surface area (Å²) in [5.74, 6) is 1.65. The maximum absolute atomic E-state index is 10.1. The lowest BCUT2D eigenvalue weighted by Gasteiger charge is -2.20. The number of rotatable bonds is 2. The van der Waals surface area contributed by atoms with Gasteiger partial charge in [0.05, 0.1) is 5.69 Å². The highest BCUT2D eigenvalue weighted by molar-refractivity contribution is 5.97. The molecule has 0 radical (unpaired) electrons. The van der Waals surface area contributed by atoms with Gasteiger partial charge in [-0.2, -0.15) is 0 Å². The Bertz CT molecular complexity index is 1120. The fourth-order valence-electron chi connectivity index (χ4n) is 3.25. The van der Waals surface area contributed by atoms with Crippen LogP contribution in [0.25, 0.3) is 33.4 Å². The lowest BCUT2D eigenvalue weighted by molar-refractivity contribution is 0.172. The summed E-state index contributed by atoms with van der Waals surface area (Å²) in [5, 5.41) is 19.5. The van der Waals surface area contributed by atoms with Crippen molar-refractivity contribution in [2.75, 3.05) is 13.2 Å². The Kier molecular flexibility index (Phi) is 3.28. The number of ether oxygens (including phenoxy) is 2. The van der Waals surface area contributed by atoms with Crippen molar-refractivity contribution in [1.29, 1.82) is 0 Å². The molecule has 0 amide bonds. The van der Waals surface area contributed by atoms with Gasteiger partial charge in [-0.3, -0.25) is 0 Å². The van der Waals surface area contributed by atoms with Gasteiger partial charge < -0.3 is 19.6 Å². The van der Waals surface area contributed by atoms with Gasteiger partial charge >= 0.3 is 0 Å². The number of para-hydroxylation sites is 2. The number of H-pyrrole nitrogens is 1. The van der Waals surface area contributed by atoms with Crippen molar-refractivity contribution in [3.8, 4) is 39.6 Å². The summed E-state index contributed by atoms with van der Waals surface area (Å²) in [6.45, 7) is 1.07. The van der Waals surface area contributed by atoms with Crippen LogP contribution < -0.4 is 9.47 Å². The second-order valence-corrected chi connectivity index (χ2v) is 6.04. The molecule has 4 aromatic rings. The van der Waals surface area contributed by atoms with E-state index >= 15 is 0 Å². The first-order chi connectivity index (χ1) is 12.8. The number of phenols is 1. The van der Waals surface area contributed by atoms with E-state index in [1.165, 1.54) is 0 Å². The topological polar surface area (TPSA) is 80.3 Å². The van der Waals surface area contributed by atoms with E-state index in [9.17, 15) is 5.11 Å². The molecule has 128 valence electrons. The summed E-state index contributed by atoms with van der Waals surface area (Å²) in [6.07, 6.45) is 1.89. The minimum atomic E-state index is 0.173. The Morgan fingerprint density at radius 3 is 2.65 bits per heavy atom. The molecule has 26 heavy (non-hydrogen) atoms. The lowest BCUT2D eigenvalue weighted by atomic mass is 10.0. The molecule has 0 fully saturated rings. The van der Waals surface area contributed by atoms with E-state index in [4.69, 9.17) is 9.47 Å². The number of phenolic OH excluding ortho intramolecular Hbond substituents is 1. The van der Waals surface area contributed by atoms with Crippen LogP contribution in [0.15, 0.2) is 54.7 Å². The van der Waals surface area contributed by atoms with Crippen molar-refractivity contribution >= 4 is 11.0 Å². The first kappa shape index (κ1) is 14.8. The van der Waals surface area contributed by atoms with Gasteiger partial charge in [0.2, 0.25) is 0 Å². The third kappa shape index (κ3) is 2.27. The molecule has 3 heterocycles. The van der Waals surface area contributed by atoms with Crippen molar-refractivity contribution in [2.24, 2.45) is 0 Å². The lowest BCUT2D eigenvalue weighted by Crippen LogP contribution is -2.15. The largest absolute Gasteiger partial charge is 0.507 e. The third-order valence-electron chi connectivity index (χ3n) is 4.47. The summed E-state index contributed by atoms with van der Waals surface area (Å²) in [5.41, 5.74) is 3.81. The van der Waals surface area contributed by atoms with E-state index in [2.05, 4.69) is 15.2 Å². The Hall–Kier alpha value is -3.54. The van der Waals surface area contributed by atoms with E-state index in [-0.39, 0.29) is 5.75 Å². The van der Waals surface area contributed by atoms with Gasteiger partial charge in [0.15, 0.2) is 17.1 Å². The molecule has 2 N–H and O–H groups in total. The number of aromatic hydroxyl groups is 1. The Morgan fingerprint density at radius 1 is 0.885 bits per heavy atom. The first-order valence-electron chi connectivity index (χ1n) is 8.33. The Labute approximate surface area is 149 Å². The number of nitrogens with one attached hydrogen (secondary N) is 1. The number of benzene rings is 2. The van der Waals surface area contributed by atoms with Crippen LogP contribution in [0.4, 0.5) is 0 Å². The molecule has 0 saturated heterocycles. The van der Waals surface area contributed by atoms with E-state index in [1.54, 1.807) is 12.1 Å². The summed E-state index contributed by atoms with van der Waals surface area (Å²) in [6, 6.07) is 14.9. The molecule has 2 aromatic carbocycles. The predicted octanol–water partition coefficient (Wildman–Crippen LogP) is 3.77. The smallest absolute Gasteiger partial charge is 0.169 e. The van der Waals surface area contributed by atoms with Crippen LogP contribution in [-0.4, -0.2) is 33.5 Å². The van der Waals surface area contributed by atoms with E-state index < -0.39 is 0 Å². The predicted molar refractivity (Wildman–Crippen MR) is 97.4 cm³/mol. The number of aromatic amines is 1. The molecule has 0 bridgehead atoms. The highest BCUT2D eigenvalue weighted by Crippen LogP contribution is 2.42. The van der Waals surface area contributed by atoms with Gasteiger partial charge in [0.1, 0.15) is 19.0 Å². The molecule has 0 saturated carbocycles. The third-order valence-corrected chi connectivity index (χ3v) is 4.47. The highest BCUT2D eigenvalue weighted by Gasteiger charge is 2.20. The van der Waals surface area contributed by atoms with E-state index in [0.717, 1.165) is 28.0 Å². The molecular formula is C20H15N3O3. The van der Waals surface area contributed by atoms with Crippen LogP contribution in [0.3, 0.4) is 0 Å². The molecule has 0 atom stereocenters. The molecule has 6 heteroatoms. The summed E-state index contributed by atoms with van der Waals surface area (Å²) >= 11 is 0. The first-order valence-corrected chi connectivity index (χ1v) is 8.33. The second-order valence-electron chi connectivity index (χ2n) is 6.04. The zero-order chi connectivity index (χ0) is 17.5. The molecule has 0 unspecified atom stereocenters.